The van der Waals surface area contributed by atoms with Crippen molar-refractivity contribution in [3.8, 4) is 0 Å². The van der Waals surface area contributed by atoms with Gasteiger partial charge in [-0.2, -0.15) is 0 Å². The highest BCUT2D eigenvalue weighted by atomic mass is 32.1. The van der Waals surface area contributed by atoms with Crippen LogP contribution in [0.1, 0.15) is 29.2 Å². The molecule has 3 aromatic rings. The summed E-state index contributed by atoms with van der Waals surface area (Å²) in [5.74, 6) is 1.37. The maximum atomic E-state index is 14.2. The van der Waals surface area contributed by atoms with E-state index in [2.05, 4.69) is 30.8 Å². The van der Waals surface area contributed by atoms with Crippen molar-refractivity contribution in [3.63, 3.8) is 0 Å². The Hall–Kier alpha value is -2.39. The number of halogens is 1. The third-order valence-corrected chi connectivity index (χ3v) is 5.71. The van der Waals surface area contributed by atoms with Crippen molar-refractivity contribution >= 4 is 17.3 Å². The van der Waals surface area contributed by atoms with E-state index < -0.39 is 12.3 Å². The summed E-state index contributed by atoms with van der Waals surface area (Å²) in [6, 6.07) is 4.09. The first-order valence-corrected chi connectivity index (χ1v) is 9.68. The van der Waals surface area contributed by atoms with Gasteiger partial charge in [-0.1, -0.05) is 6.07 Å². The zero-order valence-electron chi connectivity index (χ0n) is 15.2. The van der Waals surface area contributed by atoms with Gasteiger partial charge in [0.05, 0.1) is 31.2 Å². The molecule has 9 heteroatoms. The minimum absolute atomic E-state index is 0.0816. The molecule has 0 N–H and O–H groups in total. The van der Waals surface area contributed by atoms with Crippen LogP contribution in [0, 0.1) is 0 Å². The van der Waals surface area contributed by atoms with E-state index in [1.54, 1.807) is 37.0 Å². The Morgan fingerprint density at radius 2 is 2.22 bits per heavy atom. The molecular weight excluding hydrogens is 367 g/mol. The molecular formula is C18H21FN6OS. The maximum Gasteiger partial charge on any atom is 0.227 e. The third kappa shape index (κ3) is 3.57. The number of anilines is 1. The quantitative estimate of drug-likeness (QED) is 0.646. The molecule has 0 amide bonds. The van der Waals surface area contributed by atoms with Gasteiger partial charge in [0.15, 0.2) is 0 Å². The van der Waals surface area contributed by atoms with Crippen molar-refractivity contribution in [3.05, 3.63) is 52.5 Å². The number of aromatic nitrogens is 5. The second-order valence-electron chi connectivity index (χ2n) is 6.57. The van der Waals surface area contributed by atoms with E-state index in [1.165, 1.54) is 4.88 Å². The van der Waals surface area contributed by atoms with E-state index in [-0.39, 0.29) is 12.5 Å². The lowest BCUT2D eigenvalue weighted by Gasteiger charge is -2.20. The summed E-state index contributed by atoms with van der Waals surface area (Å²) in [6.45, 7) is 3.37. The number of methoxy groups -OCH3 is 1. The maximum absolute atomic E-state index is 14.2. The number of ether oxygens (including phenoxy) is 1. The van der Waals surface area contributed by atoms with Crippen molar-refractivity contribution in [2.24, 2.45) is 0 Å². The summed E-state index contributed by atoms with van der Waals surface area (Å²) >= 11 is 1.67. The minimum atomic E-state index is -1.04. The summed E-state index contributed by atoms with van der Waals surface area (Å²) in [4.78, 5) is 11.7. The van der Waals surface area contributed by atoms with Crippen LogP contribution in [-0.4, -0.2) is 57.2 Å². The van der Waals surface area contributed by atoms with Gasteiger partial charge in [0.2, 0.25) is 5.95 Å². The Bertz CT molecular complexity index is 871. The van der Waals surface area contributed by atoms with Crippen LogP contribution in [0.2, 0.25) is 0 Å². The van der Waals surface area contributed by atoms with E-state index in [4.69, 9.17) is 4.74 Å². The predicted octanol–water partition coefficient (Wildman–Crippen LogP) is 2.50. The predicted molar refractivity (Wildman–Crippen MR) is 101 cm³/mol. The topological polar surface area (TPSA) is 69.0 Å². The standard InChI is InChI=1S/C18H21FN6OS/c1-12(15-8-20-5-6-21-15)17-22-23-18(24-10-14(19)16(11-24)26-2)25(17)9-13-4-3-7-27-13/h3-8,12,14,16H,9-11H2,1-2H3/t12?,14-,16-/m1/s1. The molecule has 4 rings (SSSR count). The molecule has 0 bridgehead atoms. The van der Waals surface area contributed by atoms with E-state index in [0.29, 0.717) is 19.0 Å². The normalized spacial score (nSPS) is 20.9. The Kier molecular flexibility index (Phi) is 5.13. The molecule has 1 unspecified atom stereocenters. The Morgan fingerprint density at radius 3 is 2.89 bits per heavy atom. The van der Waals surface area contributed by atoms with Gasteiger partial charge in [-0.3, -0.25) is 14.5 Å². The van der Waals surface area contributed by atoms with Crippen LogP contribution < -0.4 is 4.90 Å². The lowest BCUT2D eigenvalue weighted by Crippen LogP contribution is -2.26. The van der Waals surface area contributed by atoms with Gasteiger partial charge in [0.25, 0.3) is 0 Å². The fourth-order valence-corrected chi connectivity index (χ4v) is 4.05. The SMILES string of the molecule is CO[C@@H]1CN(c2nnc(C(C)c3cnccn3)n2Cc2cccs2)C[C@H]1F. The number of hydrogen-bond donors (Lipinski definition) is 0. The lowest BCUT2D eigenvalue weighted by atomic mass is 10.1. The first-order valence-electron chi connectivity index (χ1n) is 8.80. The van der Waals surface area contributed by atoms with Crippen molar-refractivity contribution in [1.82, 2.24) is 24.7 Å². The van der Waals surface area contributed by atoms with Gasteiger partial charge < -0.3 is 9.64 Å². The van der Waals surface area contributed by atoms with Crippen LogP contribution in [0.5, 0.6) is 0 Å². The molecule has 0 aliphatic carbocycles. The largest absolute Gasteiger partial charge is 0.377 e. The third-order valence-electron chi connectivity index (χ3n) is 4.85. The summed E-state index contributed by atoms with van der Waals surface area (Å²) in [6.07, 6.45) is 3.57. The smallest absolute Gasteiger partial charge is 0.227 e. The summed E-state index contributed by atoms with van der Waals surface area (Å²) in [5, 5.41) is 10.9. The molecule has 1 aliphatic rings. The number of alkyl halides is 1. The molecule has 1 fully saturated rings. The van der Waals surface area contributed by atoms with Crippen molar-refractivity contribution in [2.75, 3.05) is 25.1 Å². The molecule has 3 atom stereocenters. The van der Waals surface area contributed by atoms with Crippen LogP contribution in [-0.2, 0) is 11.3 Å². The average molecular weight is 388 g/mol. The Morgan fingerprint density at radius 1 is 1.33 bits per heavy atom. The van der Waals surface area contributed by atoms with Crippen molar-refractivity contribution in [1.29, 1.82) is 0 Å². The number of nitrogens with zero attached hydrogens (tertiary/aromatic N) is 6. The van der Waals surface area contributed by atoms with E-state index in [9.17, 15) is 4.39 Å². The van der Waals surface area contributed by atoms with Gasteiger partial charge in [0.1, 0.15) is 18.1 Å². The monoisotopic (exact) mass is 388 g/mol. The van der Waals surface area contributed by atoms with E-state index in [1.807, 2.05) is 23.3 Å². The van der Waals surface area contributed by atoms with Gasteiger partial charge in [-0.15, -0.1) is 21.5 Å². The number of hydrogen-bond acceptors (Lipinski definition) is 7. The molecule has 3 aromatic heterocycles. The minimum Gasteiger partial charge on any atom is -0.377 e. The molecule has 0 spiro atoms. The molecule has 4 heterocycles. The Balaban J connectivity index is 1.70. The molecule has 0 radical (unpaired) electrons. The van der Waals surface area contributed by atoms with Gasteiger partial charge in [-0.25, -0.2) is 4.39 Å². The van der Waals surface area contributed by atoms with Crippen LogP contribution in [0.4, 0.5) is 10.3 Å². The second kappa shape index (κ2) is 7.69. The van der Waals surface area contributed by atoms with E-state index >= 15 is 0 Å². The molecule has 27 heavy (non-hydrogen) atoms. The first kappa shape index (κ1) is 18.0. The number of rotatable bonds is 6. The van der Waals surface area contributed by atoms with Gasteiger partial charge >= 0.3 is 0 Å². The Labute approximate surface area is 160 Å². The average Bonchev–Trinajstić information content (AvgIpc) is 3.42. The van der Waals surface area contributed by atoms with Gasteiger partial charge in [0, 0.05) is 30.6 Å². The lowest BCUT2D eigenvalue weighted by molar-refractivity contribution is 0.0650. The number of thiophene rings is 1. The van der Waals surface area contributed by atoms with Crippen LogP contribution >= 0.6 is 11.3 Å². The molecule has 0 aromatic carbocycles. The second-order valence-corrected chi connectivity index (χ2v) is 7.60. The van der Waals surface area contributed by atoms with Crippen LogP contribution in [0.3, 0.4) is 0 Å². The van der Waals surface area contributed by atoms with Crippen LogP contribution in [0.25, 0.3) is 0 Å². The highest BCUT2D eigenvalue weighted by Crippen LogP contribution is 2.29. The highest BCUT2D eigenvalue weighted by molar-refractivity contribution is 7.09. The zero-order valence-corrected chi connectivity index (χ0v) is 16.0. The van der Waals surface area contributed by atoms with Crippen molar-refractivity contribution in [2.45, 2.75) is 31.7 Å². The summed E-state index contributed by atoms with van der Waals surface area (Å²) in [7, 11) is 1.54. The molecule has 0 saturated carbocycles. The van der Waals surface area contributed by atoms with Crippen molar-refractivity contribution < 1.29 is 9.13 Å². The fraction of sp³-hybridized carbons (Fsp3) is 0.444. The van der Waals surface area contributed by atoms with Crippen LogP contribution in [0.15, 0.2) is 36.1 Å². The molecule has 7 nitrogen and oxygen atoms in total. The first-order chi connectivity index (χ1) is 13.2. The summed E-state index contributed by atoms with van der Waals surface area (Å²) in [5.41, 5.74) is 0.823. The molecule has 1 aliphatic heterocycles. The molecule has 1 saturated heterocycles. The zero-order chi connectivity index (χ0) is 18.8. The van der Waals surface area contributed by atoms with Gasteiger partial charge in [-0.05, 0) is 18.4 Å². The molecule has 142 valence electrons. The fourth-order valence-electron chi connectivity index (χ4n) is 3.36. The van der Waals surface area contributed by atoms with E-state index in [0.717, 1.165) is 11.5 Å². The summed E-state index contributed by atoms with van der Waals surface area (Å²) < 4.78 is 21.5. The highest BCUT2D eigenvalue weighted by Gasteiger charge is 2.36.